The number of hydrogen-bond donors (Lipinski definition) is 1. The number of thiophene rings is 1. The number of aryl methyl sites for hydroxylation is 2. The van der Waals surface area contributed by atoms with Crippen molar-refractivity contribution in [2.24, 2.45) is 0 Å². The first-order chi connectivity index (χ1) is 10.9. The van der Waals surface area contributed by atoms with Gasteiger partial charge in [0.05, 0.1) is 10.6 Å². The smallest absolute Gasteiger partial charge is 0.259 e. The van der Waals surface area contributed by atoms with Crippen LogP contribution in [0.5, 0.6) is 0 Å². The molecule has 3 aromatic rings. The van der Waals surface area contributed by atoms with E-state index in [1.165, 1.54) is 11.3 Å². The molecule has 0 saturated carbocycles. The van der Waals surface area contributed by atoms with Gasteiger partial charge in [0.2, 0.25) is 0 Å². The third kappa shape index (κ3) is 3.03. The van der Waals surface area contributed by atoms with Crippen molar-refractivity contribution in [2.45, 2.75) is 30.9 Å². The summed E-state index contributed by atoms with van der Waals surface area (Å²) >= 11 is 2.58. The van der Waals surface area contributed by atoms with E-state index in [1.807, 2.05) is 13.8 Å². The molecule has 0 aliphatic carbocycles. The van der Waals surface area contributed by atoms with E-state index in [1.54, 1.807) is 6.92 Å². The summed E-state index contributed by atoms with van der Waals surface area (Å²) in [5, 5.41) is 0.288. The number of fused-ring (bicyclic) bond motifs is 1. The quantitative estimate of drug-likeness (QED) is 0.693. The molecule has 0 amide bonds. The Morgan fingerprint density at radius 2 is 2.04 bits per heavy atom. The van der Waals surface area contributed by atoms with Crippen molar-refractivity contribution in [2.75, 3.05) is 0 Å². The van der Waals surface area contributed by atoms with E-state index in [0.29, 0.717) is 16.0 Å². The third-order valence-corrected chi connectivity index (χ3v) is 5.88. The lowest BCUT2D eigenvalue weighted by Gasteiger charge is -2.11. The summed E-state index contributed by atoms with van der Waals surface area (Å²) in [4.78, 5) is 21.4. The van der Waals surface area contributed by atoms with Gasteiger partial charge in [-0.25, -0.2) is 13.8 Å². The van der Waals surface area contributed by atoms with Gasteiger partial charge in [-0.1, -0.05) is 0 Å². The first kappa shape index (κ1) is 16.1. The molecule has 0 bridgehead atoms. The number of hydrogen-bond acceptors (Lipinski definition) is 4. The molecule has 120 valence electrons. The molecule has 1 aromatic carbocycles. The van der Waals surface area contributed by atoms with Gasteiger partial charge in [0.25, 0.3) is 5.56 Å². The van der Waals surface area contributed by atoms with Crippen molar-refractivity contribution in [3.63, 3.8) is 0 Å². The maximum Gasteiger partial charge on any atom is 0.259 e. The second-order valence-corrected chi connectivity index (χ2v) is 7.84. The molecule has 1 N–H and O–H groups in total. The maximum absolute atomic E-state index is 13.8. The zero-order valence-electron chi connectivity index (χ0n) is 12.7. The van der Waals surface area contributed by atoms with Crippen LogP contribution in [0, 0.1) is 25.5 Å². The molecule has 7 heteroatoms. The highest BCUT2D eigenvalue weighted by Crippen LogP contribution is 2.36. The molecular weight excluding hydrogens is 338 g/mol. The molecule has 0 aliphatic heterocycles. The fourth-order valence-electron chi connectivity index (χ4n) is 2.28. The molecule has 0 fully saturated rings. The minimum atomic E-state index is -0.498. The second kappa shape index (κ2) is 6.05. The topological polar surface area (TPSA) is 45.8 Å². The number of aromatic amines is 1. The number of benzene rings is 1. The maximum atomic E-state index is 13.8. The minimum Gasteiger partial charge on any atom is -0.309 e. The fourth-order valence-corrected chi connectivity index (χ4v) is 4.28. The van der Waals surface area contributed by atoms with Crippen LogP contribution in [0.25, 0.3) is 10.2 Å². The number of halogens is 2. The summed E-state index contributed by atoms with van der Waals surface area (Å²) in [5.41, 5.74) is 0.737. The molecule has 3 rings (SSSR count). The molecule has 0 radical (unpaired) electrons. The van der Waals surface area contributed by atoms with Crippen molar-refractivity contribution in [3.8, 4) is 0 Å². The molecule has 0 spiro atoms. The monoisotopic (exact) mass is 352 g/mol. The van der Waals surface area contributed by atoms with E-state index < -0.39 is 11.6 Å². The lowest BCUT2D eigenvalue weighted by atomic mass is 10.2. The van der Waals surface area contributed by atoms with Crippen LogP contribution in [0.2, 0.25) is 0 Å². The van der Waals surface area contributed by atoms with Crippen LogP contribution >= 0.6 is 23.1 Å². The number of thioether (sulfide) groups is 1. The van der Waals surface area contributed by atoms with E-state index in [2.05, 4.69) is 9.97 Å². The molecular formula is C16H14F2N2OS2. The molecule has 23 heavy (non-hydrogen) atoms. The average Bonchev–Trinajstić information content (AvgIpc) is 2.78. The number of aromatic nitrogens is 2. The van der Waals surface area contributed by atoms with Crippen LogP contribution in [-0.2, 0) is 0 Å². The first-order valence-corrected chi connectivity index (χ1v) is 8.68. The molecule has 0 aliphatic rings. The van der Waals surface area contributed by atoms with Crippen LogP contribution in [-0.4, -0.2) is 9.97 Å². The molecule has 2 heterocycles. The Hall–Kier alpha value is -1.73. The van der Waals surface area contributed by atoms with Gasteiger partial charge in [0.1, 0.15) is 22.3 Å². The van der Waals surface area contributed by atoms with Crippen LogP contribution in [0.1, 0.15) is 28.4 Å². The summed E-state index contributed by atoms with van der Waals surface area (Å²) < 4.78 is 27.0. The summed E-state index contributed by atoms with van der Waals surface area (Å²) in [6.45, 7) is 5.64. The molecule has 0 unspecified atom stereocenters. The van der Waals surface area contributed by atoms with E-state index in [4.69, 9.17) is 0 Å². The summed E-state index contributed by atoms with van der Waals surface area (Å²) in [5.74, 6) is -0.533. The summed E-state index contributed by atoms with van der Waals surface area (Å²) in [6, 6.07) is 3.32. The van der Waals surface area contributed by atoms with E-state index >= 15 is 0 Å². The average molecular weight is 352 g/mol. The SMILES string of the molecule is Cc1sc2nc([C@@H](C)Sc3cc(F)ccc3F)[nH]c(=O)c2c1C. The van der Waals surface area contributed by atoms with Crippen molar-refractivity contribution >= 4 is 33.3 Å². The van der Waals surface area contributed by atoms with Crippen molar-refractivity contribution in [3.05, 3.63) is 56.5 Å². The minimum absolute atomic E-state index is 0.193. The van der Waals surface area contributed by atoms with Crippen LogP contribution in [0.15, 0.2) is 27.9 Å². The van der Waals surface area contributed by atoms with Gasteiger partial charge in [0, 0.05) is 9.77 Å². The van der Waals surface area contributed by atoms with Crippen LogP contribution < -0.4 is 5.56 Å². The fraction of sp³-hybridized carbons (Fsp3) is 0.250. The van der Waals surface area contributed by atoms with E-state index in [0.717, 1.165) is 40.4 Å². The van der Waals surface area contributed by atoms with Gasteiger partial charge >= 0.3 is 0 Å². The Balaban J connectivity index is 1.99. The van der Waals surface area contributed by atoms with E-state index in [-0.39, 0.29) is 15.7 Å². The summed E-state index contributed by atoms with van der Waals surface area (Å²) in [7, 11) is 0. The first-order valence-electron chi connectivity index (χ1n) is 6.98. The predicted octanol–water partition coefficient (Wildman–Crippen LogP) is 4.73. The highest BCUT2D eigenvalue weighted by Gasteiger charge is 2.17. The van der Waals surface area contributed by atoms with Crippen molar-refractivity contribution in [1.29, 1.82) is 0 Å². The number of H-pyrrole nitrogens is 1. The Morgan fingerprint density at radius 3 is 2.78 bits per heavy atom. The standard InChI is InChI=1S/C16H14F2N2OS2/c1-7-8(2)23-16-13(7)15(21)19-14(20-16)9(3)22-12-6-10(17)4-5-11(12)18/h4-6,9H,1-3H3,(H,19,20,21)/t9-/m1/s1. The number of nitrogens with one attached hydrogen (secondary N) is 1. The zero-order valence-corrected chi connectivity index (χ0v) is 14.4. The molecule has 2 aromatic heterocycles. The third-order valence-electron chi connectivity index (χ3n) is 3.64. The number of rotatable bonds is 3. The second-order valence-electron chi connectivity index (χ2n) is 5.25. The predicted molar refractivity (Wildman–Crippen MR) is 90.3 cm³/mol. The van der Waals surface area contributed by atoms with Crippen molar-refractivity contribution < 1.29 is 8.78 Å². The van der Waals surface area contributed by atoms with E-state index in [9.17, 15) is 13.6 Å². The van der Waals surface area contributed by atoms with Gasteiger partial charge in [-0.3, -0.25) is 4.79 Å². The Kier molecular flexibility index (Phi) is 4.25. The van der Waals surface area contributed by atoms with Crippen molar-refractivity contribution in [1.82, 2.24) is 9.97 Å². The van der Waals surface area contributed by atoms with Gasteiger partial charge in [-0.05, 0) is 44.5 Å². The lowest BCUT2D eigenvalue weighted by molar-refractivity contribution is 0.576. The highest BCUT2D eigenvalue weighted by molar-refractivity contribution is 7.99. The zero-order chi connectivity index (χ0) is 16.7. The lowest BCUT2D eigenvalue weighted by Crippen LogP contribution is -2.12. The van der Waals surface area contributed by atoms with Gasteiger partial charge in [-0.2, -0.15) is 0 Å². The molecule has 0 saturated heterocycles. The van der Waals surface area contributed by atoms with Crippen LogP contribution in [0.4, 0.5) is 8.78 Å². The van der Waals surface area contributed by atoms with Crippen LogP contribution in [0.3, 0.4) is 0 Å². The Morgan fingerprint density at radius 1 is 1.30 bits per heavy atom. The molecule has 1 atom stereocenters. The normalized spacial score (nSPS) is 12.7. The highest BCUT2D eigenvalue weighted by atomic mass is 32.2. The van der Waals surface area contributed by atoms with Gasteiger partial charge in [-0.15, -0.1) is 23.1 Å². The van der Waals surface area contributed by atoms with Gasteiger partial charge < -0.3 is 4.98 Å². The largest absolute Gasteiger partial charge is 0.309 e. The Labute approximate surface area is 139 Å². The number of nitrogens with zero attached hydrogens (tertiary/aromatic N) is 1. The Bertz CT molecular complexity index is 949. The van der Waals surface area contributed by atoms with Gasteiger partial charge in [0.15, 0.2) is 0 Å². The summed E-state index contributed by atoms with van der Waals surface area (Å²) in [6.07, 6.45) is 0. The molecule has 3 nitrogen and oxygen atoms in total.